The summed E-state index contributed by atoms with van der Waals surface area (Å²) in [5, 5.41) is 0. The van der Waals surface area contributed by atoms with Crippen molar-refractivity contribution >= 4 is 29.4 Å². The predicted molar refractivity (Wildman–Crippen MR) is 173 cm³/mol. The first kappa shape index (κ1) is 34.3. The van der Waals surface area contributed by atoms with E-state index >= 15 is 0 Å². The first-order valence-corrected chi connectivity index (χ1v) is 16.0. The van der Waals surface area contributed by atoms with Crippen LogP contribution >= 0.6 is 11.3 Å². The maximum Gasteiger partial charge on any atom is 0.343 e. The number of fused-ring (bicyclic) bond motifs is 1. The topological polar surface area (TPSA) is 124 Å². The van der Waals surface area contributed by atoms with Gasteiger partial charge < -0.3 is 28.4 Å². The third kappa shape index (κ3) is 7.79. The van der Waals surface area contributed by atoms with Gasteiger partial charge in [-0.15, -0.1) is 0 Å². The van der Waals surface area contributed by atoms with Crippen LogP contribution in [0.5, 0.6) is 23.0 Å². The van der Waals surface area contributed by atoms with Crippen molar-refractivity contribution in [1.29, 1.82) is 0 Å². The molecule has 1 aliphatic rings. The molecular weight excluding hydrogens is 612 g/mol. The number of rotatable bonds is 14. The fraction of sp³-hybridized carbons (Fsp3) is 0.412. The van der Waals surface area contributed by atoms with E-state index in [-0.39, 0.29) is 24.3 Å². The summed E-state index contributed by atoms with van der Waals surface area (Å²) in [5.41, 5.74) is 1.66. The van der Waals surface area contributed by atoms with Gasteiger partial charge in [-0.1, -0.05) is 37.3 Å². The largest absolute Gasteiger partial charge is 0.490 e. The minimum atomic E-state index is -0.864. The molecule has 0 spiro atoms. The smallest absolute Gasteiger partial charge is 0.343 e. The third-order valence-corrected chi connectivity index (χ3v) is 7.79. The van der Waals surface area contributed by atoms with Gasteiger partial charge in [0.25, 0.3) is 5.56 Å². The molecule has 0 bridgehead atoms. The molecule has 12 heteroatoms. The maximum absolute atomic E-state index is 14.1. The molecule has 0 saturated heterocycles. The Morgan fingerprint density at radius 2 is 1.61 bits per heavy atom. The number of benzene rings is 2. The molecule has 4 rings (SSSR count). The van der Waals surface area contributed by atoms with E-state index in [1.54, 1.807) is 38.1 Å². The van der Waals surface area contributed by atoms with Crippen molar-refractivity contribution in [2.24, 2.45) is 10.9 Å². The van der Waals surface area contributed by atoms with E-state index in [1.165, 1.54) is 23.0 Å². The molecule has 1 aliphatic heterocycles. The lowest BCUT2D eigenvalue weighted by molar-refractivity contribution is -0.143. The molecule has 46 heavy (non-hydrogen) atoms. The van der Waals surface area contributed by atoms with E-state index in [2.05, 4.69) is 23.6 Å². The van der Waals surface area contributed by atoms with Crippen LogP contribution in [0.25, 0.3) is 6.08 Å². The zero-order chi connectivity index (χ0) is 33.4. The zero-order valence-corrected chi connectivity index (χ0v) is 28.0. The highest BCUT2D eigenvalue weighted by Gasteiger charge is 2.34. The van der Waals surface area contributed by atoms with Crippen LogP contribution in [0.15, 0.2) is 57.5 Å². The van der Waals surface area contributed by atoms with Gasteiger partial charge in [-0.05, 0) is 75.1 Å². The Morgan fingerprint density at radius 3 is 2.26 bits per heavy atom. The standard InChI is InChI=1S/C34H40N2O9S/c1-8-41-26-15-22(11-13-24(26)44-18-20(4)5)16-28-32(38)36-31(30(33(39)43-10-3)21(6)35-34(36)46-28)23-12-14-25(27(17-23)42-9-2)45-19-29(37)40-7/h11-17,20,31H,8-10,18-19H2,1-7H3/b28-16-/t31-/m0/s1. The molecule has 246 valence electrons. The van der Waals surface area contributed by atoms with Gasteiger partial charge in [-0.3, -0.25) is 9.36 Å². The van der Waals surface area contributed by atoms with Crippen LogP contribution in [0.1, 0.15) is 58.7 Å². The number of allylic oxidation sites excluding steroid dienone is 1. The van der Waals surface area contributed by atoms with E-state index in [9.17, 15) is 14.4 Å². The molecule has 2 aromatic carbocycles. The average Bonchev–Trinajstić information content (AvgIpc) is 3.33. The predicted octanol–water partition coefficient (Wildman–Crippen LogP) is 4.18. The molecule has 11 nitrogen and oxygen atoms in total. The van der Waals surface area contributed by atoms with Gasteiger partial charge in [-0.2, -0.15) is 0 Å². The monoisotopic (exact) mass is 652 g/mol. The zero-order valence-electron chi connectivity index (χ0n) is 27.2. The van der Waals surface area contributed by atoms with Crippen molar-refractivity contribution < 1.29 is 38.0 Å². The molecule has 0 aliphatic carbocycles. The molecule has 0 fully saturated rings. The molecule has 0 amide bonds. The van der Waals surface area contributed by atoms with Gasteiger partial charge in [0.2, 0.25) is 0 Å². The number of ether oxygens (including phenoxy) is 6. The Balaban J connectivity index is 1.85. The van der Waals surface area contributed by atoms with Crippen LogP contribution in [-0.2, 0) is 19.1 Å². The normalized spacial score (nSPS) is 14.4. The summed E-state index contributed by atoms with van der Waals surface area (Å²) in [6, 6.07) is 9.73. The van der Waals surface area contributed by atoms with Gasteiger partial charge in [0.05, 0.1) is 55.4 Å². The second-order valence-corrected chi connectivity index (χ2v) is 11.7. The summed E-state index contributed by atoms with van der Waals surface area (Å²) < 4.78 is 35.3. The second-order valence-electron chi connectivity index (χ2n) is 10.7. The third-order valence-electron chi connectivity index (χ3n) is 6.81. The summed E-state index contributed by atoms with van der Waals surface area (Å²) in [6.45, 7) is 12.4. The van der Waals surface area contributed by atoms with Gasteiger partial charge in [-0.25, -0.2) is 14.6 Å². The lowest BCUT2D eigenvalue weighted by Crippen LogP contribution is -2.40. The molecule has 1 aromatic heterocycles. The van der Waals surface area contributed by atoms with Crippen LogP contribution in [0.4, 0.5) is 0 Å². The first-order valence-electron chi connectivity index (χ1n) is 15.2. The van der Waals surface area contributed by atoms with Crippen LogP contribution in [-0.4, -0.2) is 56.6 Å². The number of nitrogens with zero attached hydrogens (tertiary/aromatic N) is 2. The minimum Gasteiger partial charge on any atom is -0.490 e. The highest BCUT2D eigenvalue weighted by atomic mass is 32.1. The minimum absolute atomic E-state index is 0.149. The fourth-order valence-electron chi connectivity index (χ4n) is 4.79. The number of hydrogen-bond acceptors (Lipinski definition) is 11. The molecular formula is C34H40N2O9S. The van der Waals surface area contributed by atoms with Crippen LogP contribution in [0.3, 0.4) is 0 Å². The number of carbonyl (C=O) groups excluding carboxylic acids is 2. The van der Waals surface area contributed by atoms with Crippen molar-refractivity contribution in [3.63, 3.8) is 0 Å². The van der Waals surface area contributed by atoms with Gasteiger partial charge in [0, 0.05) is 0 Å². The molecule has 0 N–H and O–H groups in total. The number of hydrogen-bond donors (Lipinski definition) is 0. The fourth-order valence-corrected chi connectivity index (χ4v) is 5.84. The lowest BCUT2D eigenvalue weighted by atomic mass is 9.95. The molecule has 0 unspecified atom stereocenters. The van der Waals surface area contributed by atoms with E-state index in [4.69, 9.17) is 23.7 Å². The molecule has 2 heterocycles. The molecule has 0 saturated carbocycles. The van der Waals surface area contributed by atoms with Crippen molar-refractivity contribution in [1.82, 2.24) is 4.57 Å². The van der Waals surface area contributed by atoms with Crippen LogP contribution < -0.4 is 33.8 Å². The average molecular weight is 653 g/mol. The Bertz CT molecular complexity index is 1790. The van der Waals surface area contributed by atoms with E-state index < -0.39 is 18.0 Å². The number of thiazole rings is 1. The summed E-state index contributed by atoms with van der Waals surface area (Å²) in [4.78, 5) is 44.2. The lowest BCUT2D eigenvalue weighted by Gasteiger charge is -2.25. The SMILES string of the molecule is CCOC(=O)C1=C(C)N=c2s/c(=C\c3ccc(OCC(C)C)c(OCC)c3)c(=O)n2[C@H]1c1ccc(OCC(=O)OC)c(OCC)c1. The highest BCUT2D eigenvalue weighted by molar-refractivity contribution is 7.07. The Morgan fingerprint density at radius 1 is 0.935 bits per heavy atom. The van der Waals surface area contributed by atoms with Gasteiger partial charge in [0.1, 0.15) is 0 Å². The quantitative estimate of drug-likeness (QED) is 0.236. The van der Waals surface area contributed by atoms with E-state index in [0.717, 1.165) is 5.56 Å². The number of methoxy groups -OCH3 is 1. The summed E-state index contributed by atoms with van der Waals surface area (Å²) >= 11 is 1.22. The van der Waals surface area contributed by atoms with Crippen molar-refractivity contribution in [2.75, 3.05) is 40.1 Å². The molecule has 3 aromatic rings. The van der Waals surface area contributed by atoms with Crippen LogP contribution in [0, 0.1) is 5.92 Å². The van der Waals surface area contributed by atoms with Crippen molar-refractivity contribution in [2.45, 2.75) is 47.6 Å². The Labute approximate surface area is 271 Å². The summed E-state index contributed by atoms with van der Waals surface area (Å²) in [7, 11) is 1.27. The van der Waals surface area contributed by atoms with E-state index in [1.807, 2.05) is 32.0 Å². The number of esters is 2. The Kier molecular flexibility index (Phi) is 11.6. The molecule has 0 radical (unpaired) electrons. The first-order chi connectivity index (χ1) is 22.1. The van der Waals surface area contributed by atoms with Crippen LogP contribution in [0.2, 0.25) is 0 Å². The second kappa shape index (κ2) is 15.6. The molecule has 1 atom stereocenters. The van der Waals surface area contributed by atoms with Gasteiger partial charge in [0.15, 0.2) is 34.4 Å². The number of aromatic nitrogens is 1. The van der Waals surface area contributed by atoms with E-state index in [0.29, 0.717) is 69.3 Å². The summed E-state index contributed by atoms with van der Waals surface area (Å²) in [5.74, 6) is 1.09. The van der Waals surface area contributed by atoms with Gasteiger partial charge >= 0.3 is 11.9 Å². The van der Waals surface area contributed by atoms with Crippen molar-refractivity contribution in [3.8, 4) is 23.0 Å². The van der Waals surface area contributed by atoms with Crippen molar-refractivity contribution in [3.05, 3.63) is 78.5 Å². The number of carbonyl (C=O) groups is 2. The summed E-state index contributed by atoms with van der Waals surface area (Å²) in [6.07, 6.45) is 1.77. The Hall–Kier alpha value is -4.58. The maximum atomic E-state index is 14.1. The highest BCUT2D eigenvalue weighted by Crippen LogP contribution is 2.36.